The second-order valence-corrected chi connectivity index (χ2v) is 1.94. The summed E-state index contributed by atoms with van der Waals surface area (Å²) >= 11 is 0. The maximum atomic E-state index is 8.68. The van der Waals surface area contributed by atoms with E-state index < -0.39 is 25.4 Å². The fraction of sp³-hybridized carbons (Fsp3) is 0.500. The standard InChI is InChI=1S/C8H10O4/c9-5-7(11)3-1-2-4-8(12)6-10/h7-12H,5-6H2. The molecule has 0 aliphatic heterocycles. The van der Waals surface area contributed by atoms with Crippen LogP contribution in [-0.4, -0.2) is 45.8 Å². The Morgan fingerprint density at radius 1 is 0.833 bits per heavy atom. The Bertz CT molecular complexity index is 201. The molecule has 4 heteroatoms. The zero-order valence-electron chi connectivity index (χ0n) is 6.36. The molecule has 0 fully saturated rings. The van der Waals surface area contributed by atoms with Crippen LogP contribution in [-0.2, 0) is 0 Å². The first-order chi connectivity index (χ1) is 5.70. The van der Waals surface area contributed by atoms with Crippen LogP contribution in [0.25, 0.3) is 0 Å². The van der Waals surface area contributed by atoms with E-state index in [1.807, 2.05) is 0 Å². The monoisotopic (exact) mass is 170 g/mol. The molecule has 2 atom stereocenters. The van der Waals surface area contributed by atoms with Gasteiger partial charge in [0.25, 0.3) is 0 Å². The largest absolute Gasteiger partial charge is 0.393 e. The lowest BCUT2D eigenvalue weighted by Crippen LogP contribution is -2.08. The molecule has 0 aliphatic carbocycles. The molecule has 2 unspecified atom stereocenters. The van der Waals surface area contributed by atoms with Crippen molar-refractivity contribution >= 4 is 0 Å². The van der Waals surface area contributed by atoms with Gasteiger partial charge in [0, 0.05) is 0 Å². The van der Waals surface area contributed by atoms with Gasteiger partial charge in [-0.1, -0.05) is 11.8 Å². The average molecular weight is 170 g/mol. The van der Waals surface area contributed by atoms with E-state index in [4.69, 9.17) is 20.4 Å². The van der Waals surface area contributed by atoms with Crippen LogP contribution in [0.15, 0.2) is 0 Å². The van der Waals surface area contributed by atoms with Crippen LogP contribution in [0.5, 0.6) is 0 Å². The number of aliphatic hydroxyl groups is 4. The summed E-state index contributed by atoms with van der Waals surface area (Å²) in [6, 6.07) is 0. The Labute approximate surface area is 70.5 Å². The van der Waals surface area contributed by atoms with Gasteiger partial charge >= 0.3 is 0 Å². The second kappa shape index (κ2) is 6.66. The zero-order chi connectivity index (χ0) is 9.40. The topological polar surface area (TPSA) is 80.9 Å². The molecule has 0 saturated heterocycles. The van der Waals surface area contributed by atoms with E-state index in [2.05, 4.69) is 23.7 Å². The first kappa shape index (κ1) is 11.0. The van der Waals surface area contributed by atoms with E-state index in [1.54, 1.807) is 0 Å². The predicted molar refractivity (Wildman–Crippen MR) is 41.7 cm³/mol. The third-order valence-corrected chi connectivity index (χ3v) is 0.886. The lowest BCUT2D eigenvalue weighted by Gasteiger charge is -1.92. The summed E-state index contributed by atoms with van der Waals surface area (Å²) in [5.74, 6) is 8.82. The molecule has 0 spiro atoms. The minimum Gasteiger partial charge on any atom is -0.393 e. The second-order valence-electron chi connectivity index (χ2n) is 1.94. The zero-order valence-corrected chi connectivity index (χ0v) is 6.36. The molecule has 0 heterocycles. The van der Waals surface area contributed by atoms with Crippen molar-refractivity contribution in [2.45, 2.75) is 12.2 Å². The van der Waals surface area contributed by atoms with E-state index in [-0.39, 0.29) is 0 Å². The minimum absolute atomic E-state index is 0.447. The first-order valence-corrected chi connectivity index (χ1v) is 3.29. The van der Waals surface area contributed by atoms with Crippen LogP contribution in [0.2, 0.25) is 0 Å². The molecular formula is C8H10O4. The molecule has 4 nitrogen and oxygen atoms in total. The molecule has 0 rings (SSSR count). The van der Waals surface area contributed by atoms with E-state index in [0.717, 1.165) is 0 Å². The summed E-state index contributed by atoms with van der Waals surface area (Å²) < 4.78 is 0. The molecule has 0 aliphatic rings. The highest BCUT2D eigenvalue weighted by Crippen LogP contribution is 1.75. The van der Waals surface area contributed by atoms with Gasteiger partial charge in [0.2, 0.25) is 0 Å². The molecule has 0 aromatic heterocycles. The Hall–Kier alpha value is -1.04. The van der Waals surface area contributed by atoms with Gasteiger partial charge in [-0.25, -0.2) is 0 Å². The van der Waals surface area contributed by atoms with E-state index >= 15 is 0 Å². The summed E-state index contributed by atoms with van der Waals surface area (Å²) in [6.07, 6.45) is -2.21. The fourth-order valence-corrected chi connectivity index (χ4v) is 0.330. The Morgan fingerprint density at radius 2 is 1.17 bits per heavy atom. The van der Waals surface area contributed by atoms with Crippen molar-refractivity contribution in [1.29, 1.82) is 0 Å². The van der Waals surface area contributed by atoms with Crippen molar-refractivity contribution in [3.63, 3.8) is 0 Å². The Kier molecular flexibility index (Phi) is 6.08. The van der Waals surface area contributed by atoms with Crippen molar-refractivity contribution in [2.75, 3.05) is 13.2 Å². The molecule has 4 N–H and O–H groups in total. The van der Waals surface area contributed by atoms with E-state index in [1.165, 1.54) is 0 Å². The van der Waals surface area contributed by atoms with Crippen LogP contribution in [0.3, 0.4) is 0 Å². The summed E-state index contributed by atoms with van der Waals surface area (Å²) in [4.78, 5) is 0. The van der Waals surface area contributed by atoms with Crippen molar-refractivity contribution in [3.8, 4) is 23.7 Å². The first-order valence-electron chi connectivity index (χ1n) is 3.29. The quantitative estimate of drug-likeness (QED) is 0.351. The maximum Gasteiger partial charge on any atom is 0.138 e. The number of aliphatic hydroxyl groups excluding tert-OH is 4. The molecule has 66 valence electrons. The van der Waals surface area contributed by atoms with Crippen LogP contribution in [0.4, 0.5) is 0 Å². The van der Waals surface area contributed by atoms with Crippen molar-refractivity contribution < 1.29 is 20.4 Å². The van der Waals surface area contributed by atoms with Gasteiger partial charge in [0.05, 0.1) is 13.2 Å². The summed E-state index contributed by atoms with van der Waals surface area (Å²) in [6.45, 7) is -0.894. The number of hydrogen-bond donors (Lipinski definition) is 4. The normalized spacial score (nSPS) is 13.3. The lowest BCUT2D eigenvalue weighted by molar-refractivity contribution is 0.137. The van der Waals surface area contributed by atoms with Gasteiger partial charge in [-0.2, -0.15) is 0 Å². The lowest BCUT2D eigenvalue weighted by atomic mass is 10.3. The van der Waals surface area contributed by atoms with E-state index in [9.17, 15) is 0 Å². The van der Waals surface area contributed by atoms with Crippen LogP contribution in [0.1, 0.15) is 0 Å². The summed E-state index contributed by atoms with van der Waals surface area (Å²) in [5.41, 5.74) is 0. The molecule has 0 aromatic carbocycles. The maximum absolute atomic E-state index is 8.68. The predicted octanol–water partition coefficient (Wildman–Crippen LogP) is -2.30. The molecule has 0 amide bonds. The van der Waals surface area contributed by atoms with Crippen LogP contribution < -0.4 is 0 Å². The van der Waals surface area contributed by atoms with Gasteiger partial charge < -0.3 is 20.4 Å². The Morgan fingerprint density at radius 3 is 1.42 bits per heavy atom. The van der Waals surface area contributed by atoms with Crippen molar-refractivity contribution in [3.05, 3.63) is 0 Å². The molecule has 0 bridgehead atoms. The highest BCUT2D eigenvalue weighted by atomic mass is 16.3. The third kappa shape index (κ3) is 5.72. The highest BCUT2D eigenvalue weighted by Gasteiger charge is 1.92. The van der Waals surface area contributed by atoms with Gasteiger partial charge in [-0.05, 0) is 11.8 Å². The SMILES string of the molecule is OCC(O)C#CC#CC(O)CO. The van der Waals surface area contributed by atoms with Gasteiger partial charge in [-0.15, -0.1) is 0 Å². The number of hydrogen-bond acceptors (Lipinski definition) is 4. The summed E-state index contributed by atoms with van der Waals surface area (Å²) in [7, 11) is 0. The smallest absolute Gasteiger partial charge is 0.138 e. The third-order valence-electron chi connectivity index (χ3n) is 0.886. The highest BCUT2D eigenvalue weighted by molar-refractivity contribution is 5.28. The minimum atomic E-state index is -1.11. The van der Waals surface area contributed by atoms with Gasteiger partial charge in [0.15, 0.2) is 0 Å². The molecule has 0 radical (unpaired) electrons. The van der Waals surface area contributed by atoms with Crippen LogP contribution in [0, 0.1) is 23.7 Å². The molecule has 0 aromatic rings. The van der Waals surface area contributed by atoms with E-state index in [0.29, 0.717) is 0 Å². The van der Waals surface area contributed by atoms with Crippen molar-refractivity contribution in [2.24, 2.45) is 0 Å². The van der Waals surface area contributed by atoms with Gasteiger partial charge in [0.1, 0.15) is 12.2 Å². The molecule has 12 heavy (non-hydrogen) atoms. The number of rotatable bonds is 2. The van der Waals surface area contributed by atoms with Gasteiger partial charge in [-0.3, -0.25) is 0 Å². The van der Waals surface area contributed by atoms with Crippen molar-refractivity contribution in [1.82, 2.24) is 0 Å². The average Bonchev–Trinajstić information content (AvgIpc) is 2.11. The molecule has 0 saturated carbocycles. The van der Waals surface area contributed by atoms with Crippen LogP contribution >= 0.6 is 0 Å². The fourth-order valence-electron chi connectivity index (χ4n) is 0.330. The summed E-state index contributed by atoms with van der Waals surface area (Å²) in [5, 5.41) is 34.0. The Balaban J connectivity index is 3.88. The molecular weight excluding hydrogens is 160 g/mol.